The molecule has 0 aromatic carbocycles. The number of anilines is 1. The highest BCUT2D eigenvalue weighted by molar-refractivity contribution is 7.91. The summed E-state index contributed by atoms with van der Waals surface area (Å²) in [4.78, 5) is 18.4. The van der Waals surface area contributed by atoms with Crippen LogP contribution in [0.25, 0.3) is 0 Å². The van der Waals surface area contributed by atoms with Crippen molar-refractivity contribution in [3.05, 3.63) is 10.6 Å². The largest absolute Gasteiger partial charge is 0.464 e. The Morgan fingerprint density at radius 2 is 2.21 bits per heavy atom. The summed E-state index contributed by atoms with van der Waals surface area (Å²) in [6.45, 7) is 1.80. The molecule has 0 N–H and O–H groups in total. The van der Waals surface area contributed by atoms with E-state index in [1.165, 1.54) is 18.4 Å². The second-order valence-corrected chi connectivity index (χ2v) is 7.97. The Morgan fingerprint density at radius 3 is 2.74 bits per heavy atom. The van der Waals surface area contributed by atoms with Gasteiger partial charge in [-0.1, -0.05) is 0 Å². The van der Waals surface area contributed by atoms with Gasteiger partial charge in [0.05, 0.1) is 18.6 Å². The third kappa shape index (κ3) is 2.89. The number of methoxy groups -OCH3 is 1. The van der Waals surface area contributed by atoms with Crippen LogP contribution >= 0.6 is 11.3 Å². The second kappa shape index (κ2) is 5.09. The molecule has 106 valence electrons. The van der Waals surface area contributed by atoms with Crippen molar-refractivity contribution in [2.24, 2.45) is 0 Å². The molecule has 1 aromatic heterocycles. The Hall–Kier alpha value is -1.15. The van der Waals surface area contributed by atoms with Crippen LogP contribution in [0.1, 0.15) is 21.8 Å². The van der Waals surface area contributed by atoms with Crippen LogP contribution in [0.4, 0.5) is 5.13 Å². The van der Waals surface area contributed by atoms with Crippen molar-refractivity contribution in [3.63, 3.8) is 0 Å². The minimum Gasteiger partial charge on any atom is -0.464 e. The molecule has 0 aliphatic carbocycles. The zero-order valence-corrected chi connectivity index (χ0v) is 12.7. The summed E-state index contributed by atoms with van der Waals surface area (Å²) in [5.41, 5.74) is 0.301. The average Bonchev–Trinajstić information content (AvgIpc) is 2.90. The molecule has 0 amide bonds. The van der Waals surface area contributed by atoms with Crippen molar-refractivity contribution in [2.75, 3.05) is 30.6 Å². The quantitative estimate of drug-likeness (QED) is 0.771. The zero-order valence-electron chi connectivity index (χ0n) is 11.0. The van der Waals surface area contributed by atoms with Crippen molar-refractivity contribution in [1.82, 2.24) is 4.98 Å². The summed E-state index contributed by atoms with van der Waals surface area (Å²) in [6, 6.07) is -0.0685. The summed E-state index contributed by atoms with van der Waals surface area (Å²) in [7, 11) is 0.195. The number of sulfone groups is 1. The molecule has 1 saturated heterocycles. The molecule has 1 fully saturated rings. The molecule has 0 saturated carbocycles. The number of aryl methyl sites for hydroxylation is 1. The summed E-state index contributed by atoms with van der Waals surface area (Å²) >= 11 is 1.37. The summed E-state index contributed by atoms with van der Waals surface area (Å²) in [5, 5.41) is 0.653. The van der Waals surface area contributed by atoms with Gasteiger partial charge in [0, 0.05) is 18.0 Å². The highest BCUT2D eigenvalue weighted by Gasteiger charge is 2.32. The van der Waals surface area contributed by atoms with Crippen LogP contribution in [0.15, 0.2) is 0 Å². The van der Waals surface area contributed by atoms with E-state index in [1.807, 2.05) is 11.9 Å². The summed E-state index contributed by atoms with van der Waals surface area (Å²) in [6.07, 6.45) is 0.602. The number of rotatable bonds is 3. The van der Waals surface area contributed by atoms with Crippen LogP contribution < -0.4 is 4.90 Å². The van der Waals surface area contributed by atoms with E-state index in [9.17, 15) is 13.2 Å². The molecule has 1 aliphatic rings. The van der Waals surface area contributed by atoms with Crippen LogP contribution in [0.3, 0.4) is 0 Å². The monoisotopic (exact) mass is 304 g/mol. The molecule has 2 rings (SSSR count). The molecular weight excluding hydrogens is 288 g/mol. The van der Waals surface area contributed by atoms with Gasteiger partial charge in [-0.05, 0) is 13.3 Å². The Balaban J connectivity index is 2.21. The first-order chi connectivity index (χ1) is 8.84. The number of hydrogen-bond acceptors (Lipinski definition) is 7. The number of ether oxygens (including phenoxy) is 1. The van der Waals surface area contributed by atoms with E-state index >= 15 is 0 Å². The molecule has 2 heterocycles. The third-order valence-corrected chi connectivity index (χ3v) is 6.03. The predicted molar refractivity (Wildman–Crippen MR) is 73.7 cm³/mol. The Morgan fingerprint density at radius 1 is 1.53 bits per heavy atom. The van der Waals surface area contributed by atoms with Gasteiger partial charge in [0.25, 0.3) is 0 Å². The maximum absolute atomic E-state index is 11.5. The third-order valence-electron chi connectivity index (χ3n) is 3.22. The maximum atomic E-state index is 11.5. The number of nitrogens with zero attached hydrogens (tertiary/aromatic N) is 2. The lowest BCUT2D eigenvalue weighted by molar-refractivity contribution is 0.0594. The number of carbonyl (C=O) groups is 1. The minimum atomic E-state index is -2.93. The maximum Gasteiger partial charge on any atom is 0.357 e. The van der Waals surface area contributed by atoms with Crippen molar-refractivity contribution >= 4 is 32.3 Å². The second-order valence-electron chi connectivity index (χ2n) is 4.56. The van der Waals surface area contributed by atoms with Gasteiger partial charge in [-0.15, -0.1) is 11.3 Å². The zero-order chi connectivity index (χ0) is 14.2. The fourth-order valence-electron chi connectivity index (χ4n) is 2.06. The van der Waals surface area contributed by atoms with Crippen molar-refractivity contribution in [2.45, 2.75) is 19.4 Å². The molecule has 19 heavy (non-hydrogen) atoms. The van der Waals surface area contributed by atoms with Crippen molar-refractivity contribution in [1.29, 1.82) is 0 Å². The number of thiazole rings is 1. The van der Waals surface area contributed by atoms with E-state index in [1.54, 1.807) is 6.92 Å². The van der Waals surface area contributed by atoms with Gasteiger partial charge < -0.3 is 9.64 Å². The van der Waals surface area contributed by atoms with Crippen molar-refractivity contribution < 1.29 is 17.9 Å². The lowest BCUT2D eigenvalue weighted by atomic mass is 10.2. The van der Waals surface area contributed by atoms with Gasteiger partial charge in [0.15, 0.2) is 20.7 Å². The molecular formula is C11H16N2O4S2. The molecule has 1 atom stereocenters. The van der Waals surface area contributed by atoms with Gasteiger partial charge in [-0.2, -0.15) is 0 Å². The standard InChI is InChI=1S/C11H16N2O4S2/c1-7-9(10(14)17-3)12-11(18-7)13(2)8-4-5-19(15,16)6-8/h8H,4-6H2,1-3H3. The minimum absolute atomic E-state index is 0.0685. The lowest BCUT2D eigenvalue weighted by Crippen LogP contribution is -2.32. The Bertz CT molecular complexity index is 594. The Kier molecular flexibility index (Phi) is 3.82. The van der Waals surface area contributed by atoms with Gasteiger partial charge in [-0.3, -0.25) is 0 Å². The van der Waals surface area contributed by atoms with Crippen LogP contribution in [0.2, 0.25) is 0 Å². The molecule has 0 radical (unpaired) electrons. The number of aromatic nitrogens is 1. The van der Waals surface area contributed by atoms with E-state index in [0.717, 1.165) is 4.88 Å². The molecule has 1 aromatic rings. The van der Waals surface area contributed by atoms with E-state index in [-0.39, 0.29) is 17.5 Å². The Labute approximate surface area is 116 Å². The first-order valence-corrected chi connectivity index (χ1v) is 8.47. The SMILES string of the molecule is COC(=O)c1nc(N(C)C2CCS(=O)(=O)C2)sc1C. The molecule has 0 bridgehead atoms. The van der Waals surface area contributed by atoms with Crippen molar-refractivity contribution in [3.8, 4) is 0 Å². The number of esters is 1. The predicted octanol–water partition coefficient (Wildman–Crippen LogP) is 0.861. The van der Waals surface area contributed by atoms with Crippen LogP contribution in [0.5, 0.6) is 0 Å². The van der Waals surface area contributed by atoms with Gasteiger partial charge in [0.2, 0.25) is 0 Å². The average molecular weight is 304 g/mol. The smallest absolute Gasteiger partial charge is 0.357 e. The van der Waals surface area contributed by atoms with Crippen LogP contribution in [-0.2, 0) is 14.6 Å². The normalized spacial score (nSPS) is 21.3. The highest BCUT2D eigenvalue weighted by atomic mass is 32.2. The van der Waals surface area contributed by atoms with Gasteiger partial charge in [0.1, 0.15) is 0 Å². The van der Waals surface area contributed by atoms with Crippen LogP contribution in [-0.4, -0.2) is 51.1 Å². The number of carbonyl (C=O) groups excluding carboxylic acids is 1. The summed E-state index contributed by atoms with van der Waals surface area (Å²) < 4.78 is 27.6. The number of hydrogen-bond donors (Lipinski definition) is 0. The van der Waals surface area contributed by atoms with Crippen LogP contribution in [0, 0.1) is 6.92 Å². The van der Waals surface area contributed by atoms with E-state index in [0.29, 0.717) is 17.2 Å². The molecule has 1 unspecified atom stereocenters. The van der Waals surface area contributed by atoms with E-state index in [2.05, 4.69) is 9.72 Å². The fraction of sp³-hybridized carbons (Fsp3) is 0.636. The molecule has 8 heteroatoms. The van der Waals surface area contributed by atoms with Gasteiger partial charge in [-0.25, -0.2) is 18.2 Å². The molecule has 0 spiro atoms. The first-order valence-electron chi connectivity index (χ1n) is 5.83. The van der Waals surface area contributed by atoms with E-state index < -0.39 is 15.8 Å². The lowest BCUT2D eigenvalue weighted by Gasteiger charge is -2.22. The molecule has 1 aliphatic heterocycles. The van der Waals surface area contributed by atoms with E-state index in [4.69, 9.17) is 0 Å². The van der Waals surface area contributed by atoms with Gasteiger partial charge >= 0.3 is 5.97 Å². The highest BCUT2D eigenvalue weighted by Crippen LogP contribution is 2.29. The first kappa shape index (κ1) is 14.3. The fourth-order valence-corrected chi connectivity index (χ4v) is 4.76. The molecule has 6 nitrogen and oxygen atoms in total. The summed E-state index contributed by atoms with van der Waals surface area (Å²) in [5.74, 6) is -0.0984. The topological polar surface area (TPSA) is 76.6 Å².